The van der Waals surface area contributed by atoms with Gasteiger partial charge in [-0.3, -0.25) is 9.88 Å². The Morgan fingerprint density at radius 2 is 2.12 bits per heavy atom. The number of likely N-dealkylation sites (tertiary alicyclic amines) is 1. The average molecular weight is 235 g/mol. The van der Waals surface area contributed by atoms with Gasteiger partial charge in [-0.15, -0.1) is 0 Å². The van der Waals surface area contributed by atoms with Gasteiger partial charge >= 0.3 is 0 Å². The fraction of sp³-hybridized carbons (Fsp3) is 0.667. The molecule has 0 aromatic carbocycles. The first-order chi connectivity index (χ1) is 8.21. The van der Waals surface area contributed by atoms with Gasteiger partial charge < -0.3 is 9.84 Å². The van der Waals surface area contributed by atoms with E-state index in [0.717, 1.165) is 38.2 Å². The molecule has 0 amide bonds. The average Bonchev–Trinajstić information content (AvgIpc) is 2.25. The van der Waals surface area contributed by atoms with Gasteiger partial charge in [-0.2, -0.15) is 0 Å². The zero-order chi connectivity index (χ0) is 11.9. The summed E-state index contributed by atoms with van der Waals surface area (Å²) in [6.45, 7) is 2.91. The molecule has 3 rings (SSSR count). The molecular formula is C12H17N3O2. The van der Waals surface area contributed by atoms with E-state index in [0.29, 0.717) is 11.3 Å². The second kappa shape index (κ2) is 3.92. The van der Waals surface area contributed by atoms with Gasteiger partial charge in [0.15, 0.2) is 0 Å². The Bertz CT molecular complexity index is 410. The molecule has 0 unspecified atom stereocenters. The number of aliphatic hydroxyl groups excluding tert-OH is 1. The molecular weight excluding hydrogens is 218 g/mol. The SMILES string of the molecule is COc1nccnc1CN1CC2(CC(O)C2)C1. The van der Waals surface area contributed by atoms with Crippen molar-refractivity contribution in [2.75, 3.05) is 20.2 Å². The van der Waals surface area contributed by atoms with Crippen LogP contribution in [0.2, 0.25) is 0 Å². The molecule has 2 heterocycles. The van der Waals surface area contributed by atoms with Crippen LogP contribution in [0, 0.1) is 5.41 Å². The van der Waals surface area contributed by atoms with Crippen LogP contribution in [0.4, 0.5) is 0 Å². The number of aromatic nitrogens is 2. The van der Waals surface area contributed by atoms with E-state index in [1.807, 2.05) is 0 Å². The second-order valence-corrected chi connectivity index (χ2v) is 5.22. The second-order valence-electron chi connectivity index (χ2n) is 5.22. The molecule has 2 fully saturated rings. The number of rotatable bonds is 3. The number of hydrogen-bond acceptors (Lipinski definition) is 5. The number of nitrogens with zero attached hydrogens (tertiary/aromatic N) is 3. The summed E-state index contributed by atoms with van der Waals surface area (Å²) >= 11 is 0. The van der Waals surface area contributed by atoms with E-state index in [1.54, 1.807) is 19.5 Å². The molecule has 5 heteroatoms. The first kappa shape index (κ1) is 10.9. The molecule has 2 aliphatic rings. The molecule has 5 nitrogen and oxygen atoms in total. The van der Waals surface area contributed by atoms with Crippen LogP contribution in [0.5, 0.6) is 5.88 Å². The molecule has 1 N–H and O–H groups in total. The minimum Gasteiger partial charge on any atom is -0.480 e. The highest BCUT2D eigenvalue weighted by molar-refractivity contribution is 5.18. The number of hydrogen-bond donors (Lipinski definition) is 1. The van der Waals surface area contributed by atoms with E-state index in [2.05, 4.69) is 14.9 Å². The molecule has 17 heavy (non-hydrogen) atoms. The fourth-order valence-corrected chi connectivity index (χ4v) is 3.06. The van der Waals surface area contributed by atoms with Crippen LogP contribution >= 0.6 is 0 Å². The van der Waals surface area contributed by atoms with Crippen LogP contribution in [-0.4, -0.2) is 46.3 Å². The molecule has 1 saturated carbocycles. The van der Waals surface area contributed by atoms with Crippen LogP contribution in [0.25, 0.3) is 0 Å². The normalized spacial score (nSPS) is 23.2. The highest BCUT2D eigenvalue weighted by Gasteiger charge is 2.51. The molecule has 1 aliphatic heterocycles. The summed E-state index contributed by atoms with van der Waals surface area (Å²) in [5.41, 5.74) is 1.29. The van der Waals surface area contributed by atoms with E-state index in [9.17, 15) is 5.11 Å². The van der Waals surface area contributed by atoms with E-state index >= 15 is 0 Å². The predicted octanol–water partition coefficient (Wildman–Crippen LogP) is 0.442. The maximum atomic E-state index is 9.35. The first-order valence-electron chi connectivity index (χ1n) is 5.95. The molecule has 1 spiro atoms. The summed E-state index contributed by atoms with van der Waals surface area (Å²) in [6.07, 6.45) is 5.19. The summed E-state index contributed by atoms with van der Waals surface area (Å²) < 4.78 is 5.18. The van der Waals surface area contributed by atoms with Gasteiger partial charge in [0.25, 0.3) is 0 Å². The van der Waals surface area contributed by atoms with Crippen molar-refractivity contribution in [3.63, 3.8) is 0 Å². The minimum absolute atomic E-state index is 0.0665. The van der Waals surface area contributed by atoms with Gasteiger partial charge in [-0.05, 0) is 12.8 Å². The lowest BCUT2D eigenvalue weighted by Crippen LogP contribution is -2.63. The Morgan fingerprint density at radius 1 is 1.41 bits per heavy atom. The molecule has 0 bridgehead atoms. The molecule has 92 valence electrons. The van der Waals surface area contributed by atoms with Crippen molar-refractivity contribution in [2.24, 2.45) is 5.41 Å². The molecule has 1 aromatic rings. The van der Waals surface area contributed by atoms with Crippen molar-refractivity contribution in [1.82, 2.24) is 14.9 Å². The molecule has 0 radical (unpaired) electrons. The Kier molecular flexibility index (Phi) is 2.52. The van der Waals surface area contributed by atoms with Gasteiger partial charge in [-0.1, -0.05) is 0 Å². The van der Waals surface area contributed by atoms with Gasteiger partial charge in [-0.25, -0.2) is 4.98 Å². The standard InChI is InChI=1S/C12H17N3O2/c1-17-11-10(13-2-3-14-11)6-15-7-12(8-15)4-9(16)5-12/h2-3,9,16H,4-8H2,1H3. The Morgan fingerprint density at radius 3 is 2.76 bits per heavy atom. The number of aliphatic hydroxyl groups is 1. The molecule has 1 saturated heterocycles. The van der Waals surface area contributed by atoms with Crippen molar-refractivity contribution in [1.29, 1.82) is 0 Å². The highest BCUT2D eigenvalue weighted by atomic mass is 16.5. The van der Waals surface area contributed by atoms with Gasteiger partial charge in [0.2, 0.25) is 5.88 Å². The van der Waals surface area contributed by atoms with Gasteiger partial charge in [0.05, 0.1) is 13.2 Å². The van der Waals surface area contributed by atoms with Crippen LogP contribution < -0.4 is 4.74 Å². The summed E-state index contributed by atoms with van der Waals surface area (Å²) in [6, 6.07) is 0. The van der Waals surface area contributed by atoms with E-state index in [-0.39, 0.29) is 6.10 Å². The van der Waals surface area contributed by atoms with Crippen LogP contribution in [0.3, 0.4) is 0 Å². The van der Waals surface area contributed by atoms with Crippen LogP contribution in [0.15, 0.2) is 12.4 Å². The lowest BCUT2D eigenvalue weighted by Gasteiger charge is -2.57. The Hall–Kier alpha value is -1.20. The summed E-state index contributed by atoms with van der Waals surface area (Å²) in [4.78, 5) is 10.8. The van der Waals surface area contributed by atoms with Gasteiger partial charge in [0, 0.05) is 37.4 Å². The number of ether oxygens (including phenoxy) is 1. The fourth-order valence-electron chi connectivity index (χ4n) is 3.06. The maximum absolute atomic E-state index is 9.35. The quantitative estimate of drug-likeness (QED) is 0.824. The third-order valence-corrected chi connectivity index (χ3v) is 3.76. The van der Waals surface area contributed by atoms with Gasteiger partial charge in [0.1, 0.15) is 5.69 Å². The van der Waals surface area contributed by atoms with Crippen molar-refractivity contribution >= 4 is 0 Å². The maximum Gasteiger partial charge on any atom is 0.236 e. The highest BCUT2D eigenvalue weighted by Crippen LogP contribution is 2.48. The molecule has 0 atom stereocenters. The van der Waals surface area contributed by atoms with Crippen molar-refractivity contribution in [3.8, 4) is 5.88 Å². The lowest BCUT2D eigenvalue weighted by molar-refractivity contribution is -0.131. The van der Waals surface area contributed by atoms with Crippen molar-refractivity contribution in [3.05, 3.63) is 18.1 Å². The minimum atomic E-state index is -0.0665. The smallest absolute Gasteiger partial charge is 0.236 e. The van der Waals surface area contributed by atoms with Crippen molar-refractivity contribution < 1.29 is 9.84 Å². The van der Waals surface area contributed by atoms with E-state index < -0.39 is 0 Å². The zero-order valence-electron chi connectivity index (χ0n) is 9.96. The van der Waals surface area contributed by atoms with E-state index in [1.165, 1.54) is 0 Å². The zero-order valence-corrected chi connectivity index (χ0v) is 9.96. The lowest BCUT2D eigenvalue weighted by atomic mass is 9.62. The Labute approximate surface area is 100 Å². The van der Waals surface area contributed by atoms with Crippen molar-refractivity contribution in [2.45, 2.75) is 25.5 Å². The summed E-state index contributed by atoms with van der Waals surface area (Å²) in [7, 11) is 1.62. The first-order valence-corrected chi connectivity index (χ1v) is 5.95. The largest absolute Gasteiger partial charge is 0.480 e. The molecule has 1 aliphatic carbocycles. The molecule has 1 aromatic heterocycles. The van der Waals surface area contributed by atoms with Crippen LogP contribution in [-0.2, 0) is 6.54 Å². The van der Waals surface area contributed by atoms with E-state index in [4.69, 9.17) is 4.74 Å². The Balaban J connectivity index is 1.58. The third-order valence-electron chi connectivity index (χ3n) is 3.76. The monoisotopic (exact) mass is 235 g/mol. The topological polar surface area (TPSA) is 58.5 Å². The predicted molar refractivity (Wildman–Crippen MR) is 61.5 cm³/mol. The number of methoxy groups -OCH3 is 1. The summed E-state index contributed by atoms with van der Waals surface area (Å²) in [5.74, 6) is 0.613. The summed E-state index contributed by atoms with van der Waals surface area (Å²) in [5, 5.41) is 9.35. The van der Waals surface area contributed by atoms with Crippen LogP contribution in [0.1, 0.15) is 18.5 Å². The third kappa shape index (κ3) is 1.89.